The molecule has 0 saturated heterocycles. The number of aromatic nitrogens is 1. The molecule has 4 nitrogen and oxygen atoms in total. The van der Waals surface area contributed by atoms with E-state index in [0.717, 1.165) is 5.56 Å². The van der Waals surface area contributed by atoms with Crippen molar-refractivity contribution in [3.8, 4) is 0 Å². The second-order valence-corrected chi connectivity index (χ2v) is 6.77. The summed E-state index contributed by atoms with van der Waals surface area (Å²) >= 11 is 0. The first-order chi connectivity index (χ1) is 10.5. The Kier molecular flexibility index (Phi) is 5.09. The molecule has 0 atom stereocenters. The van der Waals surface area contributed by atoms with Crippen molar-refractivity contribution in [2.45, 2.75) is 11.4 Å². The Morgan fingerprint density at radius 1 is 1.13 bits per heavy atom. The maximum Gasteiger partial charge on any atom is 0.268 e. The van der Waals surface area contributed by atoms with Gasteiger partial charge in [0.15, 0.2) is 0 Å². The van der Waals surface area contributed by atoms with Gasteiger partial charge in [0.25, 0.3) is 10.0 Å². The molecule has 3 aromatic rings. The number of rotatable bonds is 4. The topological polar surface area (TPSA) is 51.1 Å². The Morgan fingerprint density at radius 3 is 2.48 bits per heavy atom. The van der Waals surface area contributed by atoms with Crippen molar-refractivity contribution >= 4 is 33.3 Å². The maximum atomic E-state index is 13.5. The first-order valence-electron chi connectivity index (χ1n) is 6.79. The summed E-state index contributed by atoms with van der Waals surface area (Å²) in [6.07, 6.45) is 1.54. The molecule has 0 amide bonds. The van der Waals surface area contributed by atoms with Crippen LogP contribution in [0, 0.1) is 5.82 Å². The third kappa shape index (κ3) is 3.10. The highest BCUT2D eigenvalue weighted by atomic mass is 35.5. The van der Waals surface area contributed by atoms with Crippen LogP contribution in [-0.4, -0.2) is 19.4 Å². The number of nitrogens with one attached hydrogen (secondary N) is 1. The zero-order valence-electron chi connectivity index (χ0n) is 12.4. The Bertz CT molecular complexity index is 924. The molecular formula is C16H16ClFN2O2S. The fraction of sp³-hybridized carbons (Fsp3) is 0.125. The van der Waals surface area contributed by atoms with Gasteiger partial charge < -0.3 is 5.32 Å². The van der Waals surface area contributed by atoms with Crippen molar-refractivity contribution in [3.05, 3.63) is 66.1 Å². The van der Waals surface area contributed by atoms with Gasteiger partial charge in [-0.1, -0.05) is 18.2 Å². The standard InChI is InChI=1S/C16H15FN2O2S.ClH/c1-18-10-12-11-19(16-8-7-13(17)9-15(12)16)22(20,21)14-5-3-2-4-6-14;/h2-9,11,18H,10H2,1H3;1H. The second kappa shape index (κ2) is 6.70. The van der Waals surface area contributed by atoms with Crippen LogP contribution in [0.15, 0.2) is 59.6 Å². The molecule has 1 aromatic heterocycles. The van der Waals surface area contributed by atoms with Crippen LogP contribution in [0.2, 0.25) is 0 Å². The Labute approximate surface area is 140 Å². The molecule has 0 unspecified atom stereocenters. The van der Waals surface area contributed by atoms with E-state index >= 15 is 0 Å². The van der Waals surface area contributed by atoms with Crippen molar-refractivity contribution in [3.63, 3.8) is 0 Å². The Hall–Kier alpha value is -1.89. The van der Waals surface area contributed by atoms with Gasteiger partial charge >= 0.3 is 0 Å². The molecule has 1 N–H and O–H groups in total. The van der Waals surface area contributed by atoms with E-state index in [1.165, 1.54) is 22.2 Å². The molecule has 23 heavy (non-hydrogen) atoms. The molecule has 122 valence electrons. The van der Waals surface area contributed by atoms with E-state index in [2.05, 4.69) is 5.32 Å². The molecule has 1 heterocycles. The lowest BCUT2D eigenvalue weighted by molar-refractivity contribution is 0.588. The van der Waals surface area contributed by atoms with Crippen LogP contribution in [0.25, 0.3) is 10.9 Å². The molecule has 2 aromatic carbocycles. The van der Waals surface area contributed by atoms with Crippen LogP contribution in [0.3, 0.4) is 0 Å². The molecule has 0 aliphatic rings. The van der Waals surface area contributed by atoms with E-state index in [-0.39, 0.29) is 23.1 Å². The van der Waals surface area contributed by atoms with E-state index in [0.29, 0.717) is 17.4 Å². The summed E-state index contributed by atoms with van der Waals surface area (Å²) in [5.41, 5.74) is 1.20. The summed E-state index contributed by atoms with van der Waals surface area (Å²) in [7, 11) is -1.95. The van der Waals surface area contributed by atoms with E-state index in [9.17, 15) is 12.8 Å². The molecule has 0 spiro atoms. The zero-order valence-corrected chi connectivity index (χ0v) is 14.0. The number of hydrogen-bond donors (Lipinski definition) is 1. The lowest BCUT2D eigenvalue weighted by atomic mass is 10.2. The Balaban J connectivity index is 0.00000192. The van der Waals surface area contributed by atoms with Gasteiger partial charge in [-0.3, -0.25) is 0 Å². The molecule has 7 heteroatoms. The van der Waals surface area contributed by atoms with E-state index in [1.54, 1.807) is 43.6 Å². The van der Waals surface area contributed by atoms with Crippen LogP contribution in [-0.2, 0) is 16.6 Å². The van der Waals surface area contributed by atoms with Gasteiger partial charge in [-0.2, -0.15) is 0 Å². The minimum atomic E-state index is -3.71. The summed E-state index contributed by atoms with van der Waals surface area (Å²) in [5.74, 6) is -0.389. The van der Waals surface area contributed by atoms with Crippen LogP contribution < -0.4 is 5.32 Å². The van der Waals surface area contributed by atoms with Crippen molar-refractivity contribution in [1.29, 1.82) is 0 Å². The fourth-order valence-corrected chi connectivity index (χ4v) is 3.89. The van der Waals surface area contributed by atoms with Crippen LogP contribution in [0.5, 0.6) is 0 Å². The maximum absolute atomic E-state index is 13.5. The summed E-state index contributed by atoms with van der Waals surface area (Å²) in [6.45, 7) is 0.456. The monoisotopic (exact) mass is 354 g/mol. The number of halogens is 2. The third-order valence-corrected chi connectivity index (χ3v) is 5.17. The summed E-state index contributed by atoms with van der Waals surface area (Å²) in [5, 5.41) is 3.56. The summed E-state index contributed by atoms with van der Waals surface area (Å²) in [6, 6.07) is 12.3. The quantitative estimate of drug-likeness (QED) is 0.783. The fourth-order valence-electron chi connectivity index (χ4n) is 2.47. The van der Waals surface area contributed by atoms with E-state index in [4.69, 9.17) is 0 Å². The number of fused-ring (bicyclic) bond motifs is 1. The van der Waals surface area contributed by atoms with Gasteiger partial charge in [0, 0.05) is 18.1 Å². The van der Waals surface area contributed by atoms with E-state index in [1.807, 2.05) is 0 Å². The largest absolute Gasteiger partial charge is 0.316 e. The first kappa shape index (κ1) is 17.5. The molecule has 0 aliphatic heterocycles. The molecule has 0 saturated carbocycles. The van der Waals surface area contributed by atoms with Crippen LogP contribution in [0.1, 0.15) is 5.56 Å². The second-order valence-electron chi connectivity index (χ2n) is 4.96. The third-order valence-electron chi connectivity index (χ3n) is 3.48. The van der Waals surface area contributed by atoms with Gasteiger partial charge in [-0.25, -0.2) is 16.8 Å². The molecular weight excluding hydrogens is 339 g/mol. The molecule has 0 fully saturated rings. The van der Waals surface area contributed by atoms with Crippen molar-refractivity contribution in [2.75, 3.05) is 7.05 Å². The average Bonchev–Trinajstić information content (AvgIpc) is 2.87. The van der Waals surface area contributed by atoms with E-state index < -0.39 is 10.0 Å². The zero-order chi connectivity index (χ0) is 15.7. The lowest BCUT2D eigenvalue weighted by Crippen LogP contribution is -2.12. The van der Waals surface area contributed by atoms with Crippen LogP contribution in [0.4, 0.5) is 4.39 Å². The molecule has 0 bridgehead atoms. The summed E-state index contributed by atoms with van der Waals surface area (Å²) in [4.78, 5) is 0.201. The predicted octanol–water partition coefficient (Wildman–Crippen LogP) is 3.16. The van der Waals surface area contributed by atoms with Gasteiger partial charge in [-0.15, -0.1) is 12.4 Å². The molecule has 0 radical (unpaired) electrons. The van der Waals surface area contributed by atoms with Crippen LogP contribution >= 0.6 is 12.4 Å². The minimum Gasteiger partial charge on any atom is -0.316 e. The minimum absolute atomic E-state index is 0. The van der Waals surface area contributed by atoms with Gasteiger partial charge in [0.1, 0.15) is 5.82 Å². The highest BCUT2D eigenvalue weighted by molar-refractivity contribution is 7.90. The highest BCUT2D eigenvalue weighted by Crippen LogP contribution is 2.26. The number of hydrogen-bond acceptors (Lipinski definition) is 3. The first-order valence-corrected chi connectivity index (χ1v) is 8.23. The predicted molar refractivity (Wildman–Crippen MR) is 90.9 cm³/mol. The van der Waals surface area contributed by atoms with Gasteiger partial charge in [0.2, 0.25) is 0 Å². The normalized spacial score (nSPS) is 11.4. The lowest BCUT2D eigenvalue weighted by Gasteiger charge is -2.07. The summed E-state index contributed by atoms with van der Waals surface area (Å²) < 4.78 is 40.3. The SMILES string of the molecule is CNCc1cn(S(=O)(=O)c2ccccc2)c2ccc(F)cc12.Cl. The molecule has 3 rings (SSSR count). The van der Waals surface area contributed by atoms with Crippen molar-refractivity contribution in [1.82, 2.24) is 9.29 Å². The van der Waals surface area contributed by atoms with Crippen molar-refractivity contribution < 1.29 is 12.8 Å². The Morgan fingerprint density at radius 2 is 1.83 bits per heavy atom. The number of nitrogens with zero attached hydrogens (tertiary/aromatic N) is 1. The smallest absolute Gasteiger partial charge is 0.268 e. The van der Waals surface area contributed by atoms with Gasteiger partial charge in [0.05, 0.1) is 10.4 Å². The molecule has 0 aliphatic carbocycles. The average molecular weight is 355 g/mol. The highest BCUT2D eigenvalue weighted by Gasteiger charge is 2.21. The number of benzene rings is 2. The van der Waals surface area contributed by atoms with Gasteiger partial charge in [-0.05, 0) is 42.9 Å². The van der Waals surface area contributed by atoms with Crippen molar-refractivity contribution in [2.24, 2.45) is 0 Å².